The molecule has 0 aliphatic carbocycles. The van der Waals surface area contributed by atoms with Crippen LogP contribution in [0.4, 0.5) is 0 Å². The Morgan fingerprint density at radius 2 is 2.17 bits per heavy atom. The summed E-state index contributed by atoms with van der Waals surface area (Å²) < 4.78 is 6.11. The van der Waals surface area contributed by atoms with Crippen LogP contribution in [0.15, 0.2) is 21.2 Å². The Hall–Kier alpha value is 0.0500. The van der Waals surface area contributed by atoms with Crippen molar-refractivity contribution in [2.75, 3.05) is 0 Å². The Balaban J connectivity index is 2.52. The predicted molar refractivity (Wildman–Crippen MR) is 54.6 cm³/mol. The maximum atomic E-state index is 6.08. The van der Waals surface area contributed by atoms with E-state index >= 15 is 0 Å². The summed E-state index contributed by atoms with van der Waals surface area (Å²) in [5.41, 5.74) is 0. The lowest BCUT2D eigenvalue weighted by Crippen LogP contribution is -2.10. The van der Waals surface area contributed by atoms with Crippen LogP contribution in [0.2, 0.25) is 0 Å². The van der Waals surface area contributed by atoms with Crippen LogP contribution in [0, 0.1) is 5.92 Å². The van der Waals surface area contributed by atoms with Crippen molar-refractivity contribution in [2.24, 2.45) is 5.92 Å². The predicted octanol–water partition coefficient (Wildman–Crippen LogP) is 3.85. The van der Waals surface area contributed by atoms with E-state index in [4.69, 9.17) is 16.0 Å². The molecule has 1 aromatic rings. The maximum Gasteiger partial charge on any atom is 0.169 e. The second-order valence-corrected chi connectivity index (χ2v) is 4.51. The number of hydrogen-bond donors (Lipinski definition) is 0. The summed E-state index contributed by atoms with van der Waals surface area (Å²) in [4.78, 5) is 0. The zero-order valence-corrected chi connectivity index (χ0v) is 9.52. The number of alkyl halides is 1. The van der Waals surface area contributed by atoms with Crippen molar-refractivity contribution in [3.63, 3.8) is 0 Å². The Labute approximate surface area is 86.2 Å². The molecule has 0 spiro atoms. The Morgan fingerprint density at radius 3 is 2.58 bits per heavy atom. The molecule has 0 aliphatic rings. The monoisotopic (exact) mass is 250 g/mol. The van der Waals surface area contributed by atoms with Gasteiger partial charge in [0.1, 0.15) is 5.76 Å². The molecule has 0 saturated carbocycles. The highest BCUT2D eigenvalue weighted by atomic mass is 79.9. The summed E-state index contributed by atoms with van der Waals surface area (Å²) in [6, 6.07) is 3.83. The first-order valence-corrected chi connectivity index (χ1v) is 5.21. The lowest BCUT2D eigenvalue weighted by Gasteiger charge is -2.10. The molecule has 0 radical (unpaired) electrons. The van der Waals surface area contributed by atoms with E-state index in [1.165, 1.54) is 0 Å². The van der Waals surface area contributed by atoms with Gasteiger partial charge in [-0.3, -0.25) is 0 Å². The number of furan rings is 1. The van der Waals surface area contributed by atoms with Crippen molar-refractivity contribution in [3.8, 4) is 0 Å². The van der Waals surface area contributed by atoms with E-state index in [0.29, 0.717) is 5.92 Å². The summed E-state index contributed by atoms with van der Waals surface area (Å²) in [6.07, 6.45) is 0.796. The van der Waals surface area contributed by atoms with Crippen LogP contribution in [-0.2, 0) is 6.42 Å². The first-order chi connectivity index (χ1) is 5.59. The summed E-state index contributed by atoms with van der Waals surface area (Å²) in [5.74, 6) is 1.42. The lowest BCUT2D eigenvalue weighted by molar-refractivity contribution is 0.463. The van der Waals surface area contributed by atoms with Gasteiger partial charge < -0.3 is 4.42 Å². The molecule has 1 aromatic heterocycles. The van der Waals surface area contributed by atoms with Gasteiger partial charge in [0.2, 0.25) is 0 Å². The summed E-state index contributed by atoms with van der Waals surface area (Å²) in [6.45, 7) is 4.21. The summed E-state index contributed by atoms with van der Waals surface area (Å²) >= 11 is 9.33. The molecule has 1 atom stereocenters. The van der Waals surface area contributed by atoms with Crippen molar-refractivity contribution in [1.29, 1.82) is 0 Å². The van der Waals surface area contributed by atoms with Gasteiger partial charge in [-0.05, 0) is 34.0 Å². The average molecular weight is 252 g/mol. The molecule has 0 bridgehead atoms. The standard InChI is InChI=1S/C9H12BrClO/c1-6(2)8(11)5-7-3-4-9(10)12-7/h3-4,6,8H,5H2,1-2H3. The molecule has 0 saturated heterocycles. The van der Waals surface area contributed by atoms with Gasteiger partial charge in [0, 0.05) is 11.8 Å². The number of hydrogen-bond acceptors (Lipinski definition) is 1. The highest BCUT2D eigenvalue weighted by Gasteiger charge is 2.12. The molecule has 0 N–H and O–H groups in total. The molecule has 68 valence electrons. The molecule has 1 unspecified atom stereocenters. The van der Waals surface area contributed by atoms with Crippen molar-refractivity contribution in [2.45, 2.75) is 25.6 Å². The fraction of sp³-hybridized carbons (Fsp3) is 0.556. The fourth-order valence-electron chi connectivity index (χ4n) is 0.889. The van der Waals surface area contributed by atoms with Gasteiger partial charge in [-0.15, -0.1) is 11.6 Å². The van der Waals surface area contributed by atoms with Gasteiger partial charge in [0.05, 0.1) is 0 Å². The third-order valence-electron chi connectivity index (χ3n) is 1.75. The van der Waals surface area contributed by atoms with Gasteiger partial charge in [-0.25, -0.2) is 0 Å². The fourth-order valence-corrected chi connectivity index (χ4v) is 1.38. The molecular weight excluding hydrogens is 239 g/mol. The van der Waals surface area contributed by atoms with Crippen LogP contribution in [0.1, 0.15) is 19.6 Å². The molecule has 0 aromatic carbocycles. The molecule has 0 amide bonds. The maximum absolute atomic E-state index is 6.08. The van der Waals surface area contributed by atoms with Crippen LogP contribution >= 0.6 is 27.5 Å². The molecule has 1 nitrogen and oxygen atoms in total. The van der Waals surface area contributed by atoms with Crippen LogP contribution in [-0.4, -0.2) is 5.38 Å². The van der Waals surface area contributed by atoms with Gasteiger partial charge in [-0.1, -0.05) is 13.8 Å². The minimum Gasteiger partial charge on any atom is -0.454 e. The van der Waals surface area contributed by atoms with Crippen LogP contribution in [0.5, 0.6) is 0 Å². The largest absolute Gasteiger partial charge is 0.454 e. The first-order valence-electron chi connectivity index (χ1n) is 3.98. The smallest absolute Gasteiger partial charge is 0.169 e. The molecule has 3 heteroatoms. The van der Waals surface area contributed by atoms with Gasteiger partial charge >= 0.3 is 0 Å². The average Bonchev–Trinajstić information content (AvgIpc) is 2.35. The SMILES string of the molecule is CC(C)C(Cl)Cc1ccc(Br)o1. The van der Waals surface area contributed by atoms with E-state index in [2.05, 4.69) is 29.8 Å². The van der Waals surface area contributed by atoms with E-state index in [-0.39, 0.29) is 5.38 Å². The zero-order chi connectivity index (χ0) is 9.14. The van der Waals surface area contributed by atoms with E-state index in [0.717, 1.165) is 16.9 Å². The second kappa shape index (κ2) is 4.33. The van der Waals surface area contributed by atoms with Crippen molar-refractivity contribution >= 4 is 27.5 Å². The minimum atomic E-state index is 0.156. The van der Waals surface area contributed by atoms with Crippen LogP contribution in [0.25, 0.3) is 0 Å². The lowest BCUT2D eigenvalue weighted by atomic mass is 10.1. The minimum absolute atomic E-state index is 0.156. The van der Waals surface area contributed by atoms with Crippen molar-refractivity contribution in [3.05, 3.63) is 22.6 Å². The van der Waals surface area contributed by atoms with Gasteiger partial charge in [0.25, 0.3) is 0 Å². The van der Waals surface area contributed by atoms with Crippen molar-refractivity contribution in [1.82, 2.24) is 0 Å². The van der Waals surface area contributed by atoms with Crippen LogP contribution < -0.4 is 0 Å². The molecule has 12 heavy (non-hydrogen) atoms. The topological polar surface area (TPSA) is 13.1 Å². The Kier molecular flexibility index (Phi) is 3.66. The van der Waals surface area contributed by atoms with E-state index in [1.54, 1.807) is 0 Å². The zero-order valence-electron chi connectivity index (χ0n) is 7.18. The van der Waals surface area contributed by atoms with E-state index in [9.17, 15) is 0 Å². The third-order valence-corrected chi connectivity index (χ3v) is 2.83. The highest BCUT2D eigenvalue weighted by molar-refractivity contribution is 9.10. The molecule has 0 aliphatic heterocycles. The Bertz CT molecular complexity index is 244. The van der Waals surface area contributed by atoms with E-state index < -0.39 is 0 Å². The quantitative estimate of drug-likeness (QED) is 0.744. The molecule has 1 heterocycles. The summed E-state index contributed by atoms with van der Waals surface area (Å²) in [7, 11) is 0. The normalized spacial score (nSPS) is 13.8. The molecular formula is C9H12BrClO. The van der Waals surface area contributed by atoms with Crippen LogP contribution in [0.3, 0.4) is 0 Å². The highest BCUT2D eigenvalue weighted by Crippen LogP contribution is 2.20. The van der Waals surface area contributed by atoms with Gasteiger partial charge in [-0.2, -0.15) is 0 Å². The molecule has 1 rings (SSSR count). The molecule has 0 fully saturated rings. The summed E-state index contributed by atoms with van der Waals surface area (Å²) in [5, 5.41) is 0.156. The Morgan fingerprint density at radius 1 is 1.50 bits per heavy atom. The first kappa shape index (κ1) is 10.1. The van der Waals surface area contributed by atoms with Crippen molar-refractivity contribution < 1.29 is 4.42 Å². The third kappa shape index (κ3) is 2.83. The second-order valence-electron chi connectivity index (χ2n) is 3.17. The van der Waals surface area contributed by atoms with E-state index in [1.807, 2.05) is 12.1 Å². The van der Waals surface area contributed by atoms with Gasteiger partial charge in [0.15, 0.2) is 4.67 Å². The number of rotatable bonds is 3. The number of halogens is 2.